The molecular formula is C14H24N2O3S2. The first kappa shape index (κ1) is 16.9. The van der Waals surface area contributed by atoms with Crippen LogP contribution in [-0.2, 0) is 21.3 Å². The molecule has 0 radical (unpaired) electrons. The Morgan fingerprint density at radius 2 is 2.24 bits per heavy atom. The van der Waals surface area contributed by atoms with E-state index in [9.17, 15) is 8.42 Å². The van der Waals surface area contributed by atoms with Gasteiger partial charge in [0.15, 0.2) is 0 Å². The van der Waals surface area contributed by atoms with Gasteiger partial charge in [-0.25, -0.2) is 8.42 Å². The fourth-order valence-electron chi connectivity index (χ4n) is 2.44. The summed E-state index contributed by atoms with van der Waals surface area (Å²) >= 11 is 1.48. The molecule has 2 rings (SSSR count). The maximum absolute atomic E-state index is 12.9. The van der Waals surface area contributed by atoms with Gasteiger partial charge in [0.1, 0.15) is 0 Å². The second kappa shape index (κ2) is 7.19. The maximum Gasteiger partial charge on any atom is 0.244 e. The van der Waals surface area contributed by atoms with Gasteiger partial charge < -0.3 is 10.1 Å². The topological polar surface area (TPSA) is 58.6 Å². The first-order valence-electron chi connectivity index (χ1n) is 7.23. The molecule has 0 spiro atoms. The summed E-state index contributed by atoms with van der Waals surface area (Å²) in [5, 5.41) is 4.78. The van der Waals surface area contributed by atoms with Gasteiger partial charge in [-0.05, 0) is 38.8 Å². The molecule has 1 aromatic heterocycles. The van der Waals surface area contributed by atoms with E-state index in [0.29, 0.717) is 30.5 Å². The van der Waals surface area contributed by atoms with Crippen LogP contribution in [0.3, 0.4) is 0 Å². The highest BCUT2D eigenvalue weighted by molar-refractivity contribution is 7.89. The van der Waals surface area contributed by atoms with Crippen LogP contribution in [0.25, 0.3) is 0 Å². The first-order valence-corrected chi connectivity index (χ1v) is 9.55. The molecule has 120 valence electrons. The molecule has 1 N–H and O–H groups in total. The summed E-state index contributed by atoms with van der Waals surface area (Å²) in [7, 11) is 0.0154. The van der Waals surface area contributed by atoms with Crippen LogP contribution in [0, 0.1) is 5.92 Å². The summed E-state index contributed by atoms with van der Waals surface area (Å²) in [6, 6.07) is 1.81. The number of hydrogen-bond donors (Lipinski definition) is 1. The van der Waals surface area contributed by atoms with E-state index in [1.54, 1.807) is 22.9 Å². The Morgan fingerprint density at radius 3 is 2.81 bits per heavy atom. The van der Waals surface area contributed by atoms with Gasteiger partial charge in [0.2, 0.25) is 10.0 Å². The molecule has 7 heteroatoms. The Bertz CT molecular complexity index is 552. The third kappa shape index (κ3) is 4.04. The molecule has 0 amide bonds. The van der Waals surface area contributed by atoms with E-state index in [-0.39, 0.29) is 6.04 Å². The van der Waals surface area contributed by atoms with Crippen LogP contribution in [0.5, 0.6) is 0 Å². The Morgan fingerprint density at radius 1 is 1.52 bits per heavy atom. The van der Waals surface area contributed by atoms with Gasteiger partial charge in [0.25, 0.3) is 0 Å². The Hall–Kier alpha value is -0.470. The Balaban J connectivity index is 2.22. The molecular weight excluding hydrogens is 308 g/mol. The first-order chi connectivity index (χ1) is 10.0. The second-order valence-electron chi connectivity index (χ2n) is 5.47. The molecule has 1 aliphatic rings. The van der Waals surface area contributed by atoms with Crippen LogP contribution >= 0.6 is 11.3 Å². The standard InChI is InChI=1S/C14H24N2O3S2/c1-11(12-4-5-12)16(6-7-19-3)21(17,18)14-8-13(9-15-2)20-10-14/h8,10-12,15H,4-7,9H2,1-3H3. The van der Waals surface area contributed by atoms with Gasteiger partial charge in [-0.1, -0.05) is 0 Å². The van der Waals surface area contributed by atoms with Crippen molar-refractivity contribution in [2.24, 2.45) is 5.92 Å². The molecule has 0 saturated heterocycles. The van der Waals surface area contributed by atoms with Crippen LogP contribution in [0.2, 0.25) is 0 Å². The molecule has 1 atom stereocenters. The summed E-state index contributed by atoms with van der Waals surface area (Å²) in [6.07, 6.45) is 2.24. The molecule has 5 nitrogen and oxygen atoms in total. The van der Waals surface area contributed by atoms with Crippen molar-refractivity contribution < 1.29 is 13.2 Å². The average Bonchev–Trinajstić information content (AvgIpc) is 3.19. The highest BCUT2D eigenvalue weighted by atomic mass is 32.2. The Labute approximate surface area is 131 Å². The minimum Gasteiger partial charge on any atom is -0.383 e. The molecule has 0 aromatic carbocycles. The third-order valence-corrected chi connectivity index (χ3v) is 6.91. The number of hydrogen-bond acceptors (Lipinski definition) is 5. The fourth-order valence-corrected chi connectivity index (χ4v) is 5.39. The quantitative estimate of drug-likeness (QED) is 0.750. The number of rotatable bonds is 9. The molecule has 1 heterocycles. The summed E-state index contributed by atoms with van der Waals surface area (Å²) in [5.74, 6) is 0.493. The zero-order valence-corrected chi connectivity index (χ0v) is 14.5. The lowest BCUT2D eigenvalue weighted by Crippen LogP contribution is -2.41. The van der Waals surface area contributed by atoms with Crippen molar-refractivity contribution in [2.75, 3.05) is 27.3 Å². The number of ether oxygens (including phenoxy) is 1. The summed E-state index contributed by atoms with van der Waals surface area (Å²) in [4.78, 5) is 1.43. The van der Waals surface area contributed by atoms with Gasteiger partial charge in [-0.3, -0.25) is 0 Å². The summed E-state index contributed by atoms with van der Waals surface area (Å²) < 4.78 is 32.5. The SMILES string of the molecule is CNCc1cc(S(=O)(=O)N(CCOC)C(C)C2CC2)cs1. The zero-order chi connectivity index (χ0) is 15.5. The van der Waals surface area contributed by atoms with Crippen LogP contribution in [0.15, 0.2) is 16.3 Å². The van der Waals surface area contributed by atoms with E-state index < -0.39 is 10.0 Å². The predicted molar refractivity (Wildman–Crippen MR) is 85.0 cm³/mol. The van der Waals surface area contributed by atoms with Crippen LogP contribution in [0.1, 0.15) is 24.6 Å². The lowest BCUT2D eigenvalue weighted by Gasteiger charge is -2.27. The average molecular weight is 332 g/mol. The number of sulfonamides is 1. The summed E-state index contributed by atoms with van der Waals surface area (Å²) in [6.45, 7) is 3.53. The smallest absolute Gasteiger partial charge is 0.244 e. The number of methoxy groups -OCH3 is 1. The molecule has 0 bridgehead atoms. The lowest BCUT2D eigenvalue weighted by atomic mass is 10.2. The van der Waals surface area contributed by atoms with Crippen molar-refractivity contribution in [3.8, 4) is 0 Å². The predicted octanol–water partition coefficient (Wildman–Crippen LogP) is 1.90. The van der Waals surface area contributed by atoms with Gasteiger partial charge >= 0.3 is 0 Å². The van der Waals surface area contributed by atoms with E-state index in [1.165, 1.54) is 11.3 Å². The minimum absolute atomic E-state index is 0.0396. The van der Waals surface area contributed by atoms with Gasteiger partial charge in [-0.2, -0.15) is 4.31 Å². The minimum atomic E-state index is -3.44. The molecule has 1 saturated carbocycles. The zero-order valence-electron chi connectivity index (χ0n) is 12.8. The second-order valence-corrected chi connectivity index (χ2v) is 8.35. The van der Waals surface area contributed by atoms with Gasteiger partial charge in [0.05, 0.1) is 11.5 Å². The van der Waals surface area contributed by atoms with Gasteiger partial charge in [-0.15, -0.1) is 11.3 Å². The molecule has 1 fully saturated rings. The monoisotopic (exact) mass is 332 g/mol. The van der Waals surface area contributed by atoms with Crippen LogP contribution in [0.4, 0.5) is 0 Å². The third-order valence-electron chi connectivity index (χ3n) is 3.86. The normalized spacial score (nSPS) is 17.3. The van der Waals surface area contributed by atoms with E-state index in [1.807, 2.05) is 14.0 Å². The highest BCUT2D eigenvalue weighted by Gasteiger charge is 2.38. The van der Waals surface area contributed by atoms with E-state index in [2.05, 4.69) is 5.32 Å². The molecule has 0 aliphatic heterocycles. The lowest BCUT2D eigenvalue weighted by molar-refractivity contribution is 0.164. The van der Waals surface area contributed by atoms with E-state index in [4.69, 9.17) is 4.74 Å². The van der Waals surface area contributed by atoms with E-state index >= 15 is 0 Å². The number of thiophene rings is 1. The van der Waals surface area contributed by atoms with Crippen molar-refractivity contribution in [3.63, 3.8) is 0 Å². The van der Waals surface area contributed by atoms with Gasteiger partial charge in [0, 0.05) is 36.5 Å². The largest absolute Gasteiger partial charge is 0.383 e. The highest BCUT2D eigenvalue weighted by Crippen LogP contribution is 2.37. The Kier molecular flexibility index (Phi) is 5.79. The van der Waals surface area contributed by atoms with Crippen LogP contribution < -0.4 is 5.32 Å². The van der Waals surface area contributed by atoms with Crippen LogP contribution in [-0.4, -0.2) is 46.1 Å². The molecule has 1 aromatic rings. The van der Waals surface area contributed by atoms with Crippen molar-refractivity contribution in [3.05, 3.63) is 16.3 Å². The fraction of sp³-hybridized carbons (Fsp3) is 0.714. The van der Waals surface area contributed by atoms with Crippen molar-refractivity contribution in [1.82, 2.24) is 9.62 Å². The summed E-state index contributed by atoms with van der Waals surface area (Å²) in [5.41, 5.74) is 0. The van der Waals surface area contributed by atoms with Crippen molar-refractivity contribution in [2.45, 2.75) is 37.2 Å². The van der Waals surface area contributed by atoms with Crippen molar-refractivity contribution >= 4 is 21.4 Å². The molecule has 21 heavy (non-hydrogen) atoms. The van der Waals surface area contributed by atoms with E-state index in [0.717, 1.165) is 17.7 Å². The molecule has 1 aliphatic carbocycles. The number of nitrogens with one attached hydrogen (secondary N) is 1. The number of nitrogens with zero attached hydrogens (tertiary/aromatic N) is 1. The maximum atomic E-state index is 12.9. The van der Waals surface area contributed by atoms with Crippen molar-refractivity contribution in [1.29, 1.82) is 0 Å². The molecule has 1 unspecified atom stereocenters.